The van der Waals surface area contributed by atoms with E-state index in [1.807, 2.05) is 35.2 Å². The number of para-hydroxylation sites is 1. The number of piperidine rings is 1. The highest BCUT2D eigenvalue weighted by Crippen LogP contribution is 2.53. The molecule has 2 aromatic rings. The van der Waals surface area contributed by atoms with Crippen LogP contribution in [0, 0.1) is 5.92 Å². The Morgan fingerprint density at radius 3 is 2.59 bits per heavy atom. The van der Waals surface area contributed by atoms with Gasteiger partial charge in [0.15, 0.2) is 0 Å². The molecule has 0 aromatic heterocycles. The molecule has 27 heavy (non-hydrogen) atoms. The highest BCUT2D eigenvalue weighted by molar-refractivity contribution is 6.24. The molecule has 2 aliphatic rings. The number of carbonyl (C=O) groups excluding carboxylic acids is 1. The number of fused-ring (bicyclic) bond motifs is 1. The maximum atomic E-state index is 13.5. The Bertz CT molecular complexity index is 809. The van der Waals surface area contributed by atoms with Crippen molar-refractivity contribution in [3.63, 3.8) is 0 Å². The number of likely N-dealkylation sites (tertiary alicyclic amines) is 1. The van der Waals surface area contributed by atoms with Crippen LogP contribution in [0.4, 0.5) is 0 Å². The third-order valence-electron chi connectivity index (χ3n) is 6.25. The molecule has 0 unspecified atom stereocenters. The Hall–Kier alpha value is -2.00. The Morgan fingerprint density at radius 2 is 1.81 bits per heavy atom. The minimum Gasteiger partial charge on any atom is -0.496 e. The van der Waals surface area contributed by atoms with Crippen LogP contribution in [0.2, 0.25) is 0 Å². The fraction of sp³-hybridized carbons (Fsp3) is 0.435. The largest absolute Gasteiger partial charge is 0.496 e. The molecule has 142 valence electrons. The molecule has 2 fully saturated rings. The molecule has 0 spiro atoms. The van der Waals surface area contributed by atoms with Crippen LogP contribution in [0.3, 0.4) is 0 Å². The van der Waals surface area contributed by atoms with Gasteiger partial charge in [-0.15, -0.1) is 11.6 Å². The summed E-state index contributed by atoms with van der Waals surface area (Å²) in [5.41, 5.74) is 1.80. The van der Waals surface area contributed by atoms with E-state index < -0.39 is 0 Å². The van der Waals surface area contributed by atoms with Crippen molar-refractivity contribution in [2.45, 2.75) is 43.0 Å². The Morgan fingerprint density at radius 1 is 1.07 bits per heavy atom. The highest BCUT2D eigenvalue weighted by Gasteiger charge is 2.50. The van der Waals surface area contributed by atoms with Gasteiger partial charge in [-0.3, -0.25) is 4.79 Å². The molecule has 1 saturated carbocycles. The van der Waals surface area contributed by atoms with Gasteiger partial charge in [0.2, 0.25) is 0 Å². The normalized spacial score (nSPS) is 27.7. The second-order valence-electron chi connectivity index (χ2n) is 7.69. The van der Waals surface area contributed by atoms with Crippen LogP contribution in [0.15, 0.2) is 54.6 Å². The molecule has 3 nitrogen and oxygen atoms in total. The van der Waals surface area contributed by atoms with Gasteiger partial charge in [-0.1, -0.05) is 55.3 Å². The summed E-state index contributed by atoms with van der Waals surface area (Å²) in [6, 6.07) is 17.9. The van der Waals surface area contributed by atoms with E-state index in [2.05, 4.69) is 24.3 Å². The average Bonchev–Trinajstić information content (AvgIpc) is 2.72. The zero-order chi connectivity index (χ0) is 18.9. The second kappa shape index (κ2) is 7.55. The molecule has 4 rings (SSSR count). The van der Waals surface area contributed by atoms with Gasteiger partial charge in [-0.25, -0.2) is 0 Å². The lowest BCUT2D eigenvalue weighted by Gasteiger charge is -2.52. The van der Waals surface area contributed by atoms with Gasteiger partial charge in [0, 0.05) is 12.5 Å². The second-order valence-corrected chi connectivity index (χ2v) is 8.44. The third kappa shape index (κ3) is 3.34. The molecule has 1 aliphatic heterocycles. The number of benzene rings is 2. The molecule has 0 bridgehead atoms. The van der Waals surface area contributed by atoms with E-state index in [1.54, 1.807) is 7.11 Å². The van der Waals surface area contributed by atoms with Gasteiger partial charge in [-0.05, 0) is 37.0 Å². The standard InChI is InChI=1S/C23H26ClNO2/c1-27-20-13-6-5-11-18(20)22(26)25-16-15-23(24)14-8-7-12-19(23)21(25)17-9-3-2-4-10-17/h2-6,9-11,13,19,21H,7-8,12,14-16H2,1H3/t19-,21+,23+/m0/s1. The van der Waals surface area contributed by atoms with Gasteiger partial charge in [0.1, 0.15) is 5.75 Å². The van der Waals surface area contributed by atoms with E-state index in [-0.39, 0.29) is 22.7 Å². The Labute approximate surface area is 166 Å². The van der Waals surface area contributed by atoms with E-state index in [1.165, 1.54) is 18.4 Å². The lowest BCUT2D eigenvalue weighted by atomic mass is 9.68. The van der Waals surface area contributed by atoms with Crippen molar-refractivity contribution >= 4 is 17.5 Å². The summed E-state index contributed by atoms with van der Waals surface area (Å²) >= 11 is 7.13. The van der Waals surface area contributed by atoms with Gasteiger partial charge in [-0.2, -0.15) is 0 Å². The van der Waals surface area contributed by atoms with Crippen LogP contribution in [-0.2, 0) is 0 Å². The average molecular weight is 384 g/mol. The van der Waals surface area contributed by atoms with E-state index in [9.17, 15) is 4.79 Å². The number of methoxy groups -OCH3 is 1. The van der Waals surface area contributed by atoms with Crippen LogP contribution in [0.25, 0.3) is 0 Å². The number of ether oxygens (including phenoxy) is 1. The molecular weight excluding hydrogens is 358 g/mol. The number of hydrogen-bond donors (Lipinski definition) is 0. The number of amides is 1. The van der Waals surface area contributed by atoms with Crippen molar-refractivity contribution < 1.29 is 9.53 Å². The SMILES string of the molecule is COc1ccccc1C(=O)N1CC[C@]2(Cl)CCCC[C@H]2[C@H]1c1ccccc1. The lowest BCUT2D eigenvalue weighted by molar-refractivity contribution is 0.0277. The number of carbonyl (C=O) groups is 1. The smallest absolute Gasteiger partial charge is 0.258 e. The van der Waals surface area contributed by atoms with Gasteiger partial charge < -0.3 is 9.64 Å². The number of hydrogen-bond acceptors (Lipinski definition) is 2. The van der Waals surface area contributed by atoms with Crippen molar-refractivity contribution in [3.8, 4) is 5.75 Å². The van der Waals surface area contributed by atoms with Crippen LogP contribution < -0.4 is 4.74 Å². The van der Waals surface area contributed by atoms with E-state index in [0.717, 1.165) is 19.3 Å². The maximum Gasteiger partial charge on any atom is 0.258 e. The highest BCUT2D eigenvalue weighted by atomic mass is 35.5. The zero-order valence-corrected chi connectivity index (χ0v) is 16.5. The van der Waals surface area contributed by atoms with Gasteiger partial charge in [0.05, 0.1) is 23.6 Å². The Balaban J connectivity index is 1.75. The van der Waals surface area contributed by atoms with E-state index >= 15 is 0 Å². The monoisotopic (exact) mass is 383 g/mol. The van der Waals surface area contributed by atoms with Gasteiger partial charge >= 0.3 is 0 Å². The molecule has 4 heteroatoms. The predicted octanol–water partition coefficient (Wildman–Crippen LogP) is 5.45. The van der Waals surface area contributed by atoms with Crippen LogP contribution >= 0.6 is 11.6 Å². The Kier molecular flexibility index (Phi) is 5.14. The van der Waals surface area contributed by atoms with Crippen molar-refractivity contribution in [1.29, 1.82) is 0 Å². The summed E-state index contributed by atoms with van der Waals surface area (Å²) in [5, 5.41) is 0. The fourth-order valence-corrected chi connectivity index (χ4v) is 5.35. The molecule has 1 heterocycles. The zero-order valence-electron chi connectivity index (χ0n) is 15.7. The quantitative estimate of drug-likeness (QED) is 0.659. The van der Waals surface area contributed by atoms with E-state index in [0.29, 0.717) is 17.9 Å². The summed E-state index contributed by atoms with van der Waals surface area (Å²) in [5.74, 6) is 0.939. The first kappa shape index (κ1) is 18.4. The summed E-state index contributed by atoms with van der Waals surface area (Å²) in [4.78, 5) is 15.4. The van der Waals surface area contributed by atoms with Crippen LogP contribution in [-0.4, -0.2) is 29.3 Å². The molecule has 0 N–H and O–H groups in total. The number of alkyl halides is 1. The summed E-state index contributed by atoms with van der Waals surface area (Å²) in [6.07, 6.45) is 5.32. The first-order chi connectivity index (χ1) is 13.1. The molecular formula is C23H26ClNO2. The first-order valence-corrected chi connectivity index (χ1v) is 10.2. The molecule has 3 atom stereocenters. The van der Waals surface area contributed by atoms with Crippen molar-refractivity contribution in [2.24, 2.45) is 5.92 Å². The predicted molar refractivity (Wildman–Crippen MR) is 108 cm³/mol. The van der Waals surface area contributed by atoms with E-state index in [4.69, 9.17) is 16.3 Å². The van der Waals surface area contributed by atoms with Crippen LogP contribution in [0.1, 0.15) is 54.1 Å². The molecule has 1 amide bonds. The molecule has 2 aromatic carbocycles. The maximum absolute atomic E-state index is 13.5. The summed E-state index contributed by atoms with van der Waals surface area (Å²) in [6.45, 7) is 0.677. The third-order valence-corrected chi connectivity index (χ3v) is 6.90. The minimum absolute atomic E-state index is 0.00941. The first-order valence-electron chi connectivity index (χ1n) is 9.82. The van der Waals surface area contributed by atoms with Crippen molar-refractivity contribution in [3.05, 3.63) is 65.7 Å². The fourth-order valence-electron chi connectivity index (χ4n) is 4.91. The number of nitrogens with zero attached hydrogens (tertiary/aromatic N) is 1. The number of rotatable bonds is 3. The minimum atomic E-state index is -0.198. The van der Waals surface area contributed by atoms with Crippen molar-refractivity contribution in [1.82, 2.24) is 4.90 Å². The van der Waals surface area contributed by atoms with Crippen LogP contribution in [0.5, 0.6) is 5.75 Å². The molecule has 1 aliphatic carbocycles. The molecule has 1 saturated heterocycles. The number of halogens is 1. The molecule has 0 radical (unpaired) electrons. The summed E-state index contributed by atoms with van der Waals surface area (Å²) in [7, 11) is 1.61. The lowest BCUT2D eigenvalue weighted by Crippen LogP contribution is -2.53. The van der Waals surface area contributed by atoms with Gasteiger partial charge in [0.25, 0.3) is 5.91 Å². The van der Waals surface area contributed by atoms with Crippen molar-refractivity contribution in [2.75, 3.05) is 13.7 Å². The summed E-state index contributed by atoms with van der Waals surface area (Å²) < 4.78 is 5.45. The topological polar surface area (TPSA) is 29.5 Å².